The highest BCUT2D eigenvalue weighted by molar-refractivity contribution is 7.78. The lowest BCUT2D eigenvalue weighted by molar-refractivity contribution is 0.0287. The Labute approximate surface area is 59.9 Å². The molecule has 0 amide bonds. The van der Waals surface area contributed by atoms with Crippen LogP contribution in [0.4, 0.5) is 0 Å². The van der Waals surface area contributed by atoms with Gasteiger partial charge in [0.25, 0.3) is 0 Å². The number of methoxy groups -OCH3 is 1. The van der Waals surface area contributed by atoms with Gasteiger partial charge in [-0.25, -0.2) is 4.99 Å². The van der Waals surface area contributed by atoms with E-state index in [1.165, 1.54) is 0 Å². The van der Waals surface area contributed by atoms with Gasteiger partial charge in [-0.1, -0.05) is 0 Å². The SMILES string of the molecule is CO[C@H]1C[C@H](N=C=S)C1. The predicted molar refractivity (Wildman–Crippen MR) is 38.8 cm³/mol. The number of thiocarbonyl (C=S) groups is 1. The lowest BCUT2D eigenvalue weighted by atomic mass is 9.90. The molecule has 1 fully saturated rings. The van der Waals surface area contributed by atoms with Crippen molar-refractivity contribution in [3.63, 3.8) is 0 Å². The fourth-order valence-corrected chi connectivity index (χ4v) is 1.06. The fraction of sp³-hybridized carbons (Fsp3) is 0.833. The first-order chi connectivity index (χ1) is 4.36. The van der Waals surface area contributed by atoms with Gasteiger partial charge < -0.3 is 4.74 Å². The summed E-state index contributed by atoms with van der Waals surface area (Å²) in [5, 5.41) is 2.37. The number of nitrogens with zero attached hydrogens (tertiary/aromatic N) is 1. The lowest BCUT2D eigenvalue weighted by Crippen LogP contribution is -2.33. The first-order valence-electron chi connectivity index (χ1n) is 2.96. The van der Waals surface area contributed by atoms with Gasteiger partial charge in [0.2, 0.25) is 0 Å². The van der Waals surface area contributed by atoms with Crippen LogP contribution in [-0.4, -0.2) is 24.4 Å². The third-order valence-electron chi connectivity index (χ3n) is 1.64. The quantitative estimate of drug-likeness (QED) is 0.429. The minimum Gasteiger partial charge on any atom is -0.381 e. The average Bonchev–Trinajstić information content (AvgIpc) is 1.77. The topological polar surface area (TPSA) is 21.6 Å². The van der Waals surface area contributed by atoms with E-state index in [9.17, 15) is 0 Å². The monoisotopic (exact) mass is 143 g/mol. The van der Waals surface area contributed by atoms with Crippen LogP contribution in [-0.2, 0) is 4.74 Å². The van der Waals surface area contributed by atoms with E-state index >= 15 is 0 Å². The third kappa shape index (κ3) is 1.58. The molecule has 50 valence electrons. The molecule has 0 spiro atoms. The molecular formula is C6H9NOS. The lowest BCUT2D eigenvalue weighted by Gasteiger charge is -2.29. The van der Waals surface area contributed by atoms with E-state index in [2.05, 4.69) is 22.4 Å². The summed E-state index contributed by atoms with van der Waals surface area (Å²) in [6, 6.07) is 0.396. The summed E-state index contributed by atoms with van der Waals surface area (Å²) in [6.45, 7) is 0. The van der Waals surface area contributed by atoms with Crippen LogP contribution < -0.4 is 0 Å². The van der Waals surface area contributed by atoms with Gasteiger partial charge in [0.05, 0.1) is 17.3 Å². The molecule has 0 saturated heterocycles. The van der Waals surface area contributed by atoms with E-state index in [4.69, 9.17) is 4.74 Å². The number of isothiocyanates is 1. The third-order valence-corrected chi connectivity index (χ3v) is 1.74. The van der Waals surface area contributed by atoms with Crippen molar-refractivity contribution in [3.05, 3.63) is 0 Å². The average molecular weight is 143 g/mol. The molecule has 9 heavy (non-hydrogen) atoms. The predicted octanol–water partition coefficient (Wildman–Crippen LogP) is 1.27. The van der Waals surface area contributed by atoms with Gasteiger partial charge in [-0.15, -0.1) is 0 Å². The maximum Gasteiger partial charge on any atom is 0.0652 e. The van der Waals surface area contributed by atoms with Gasteiger partial charge in [0.1, 0.15) is 0 Å². The van der Waals surface area contributed by atoms with Crippen molar-refractivity contribution in [2.24, 2.45) is 4.99 Å². The van der Waals surface area contributed by atoms with E-state index in [0.717, 1.165) is 12.8 Å². The van der Waals surface area contributed by atoms with Crippen LogP contribution in [0.25, 0.3) is 0 Å². The second-order valence-corrected chi connectivity index (χ2v) is 2.39. The molecular weight excluding hydrogens is 134 g/mol. The van der Waals surface area contributed by atoms with Gasteiger partial charge >= 0.3 is 0 Å². The molecule has 0 N–H and O–H groups in total. The number of hydrogen-bond acceptors (Lipinski definition) is 3. The summed E-state index contributed by atoms with van der Waals surface area (Å²) in [6.07, 6.45) is 2.45. The van der Waals surface area contributed by atoms with Crippen LogP contribution >= 0.6 is 12.2 Å². The summed E-state index contributed by atoms with van der Waals surface area (Å²) in [4.78, 5) is 3.91. The maximum atomic E-state index is 5.04. The van der Waals surface area contributed by atoms with Crippen LogP contribution in [0.1, 0.15) is 12.8 Å². The summed E-state index contributed by atoms with van der Waals surface area (Å²) in [5.41, 5.74) is 0. The Balaban J connectivity index is 2.19. The molecule has 0 heterocycles. The van der Waals surface area contributed by atoms with E-state index < -0.39 is 0 Å². The molecule has 0 aromatic carbocycles. The number of ether oxygens (including phenoxy) is 1. The Hall–Kier alpha value is -0.240. The minimum atomic E-state index is 0.396. The highest BCUT2D eigenvalue weighted by atomic mass is 32.1. The molecule has 1 aliphatic carbocycles. The van der Waals surface area contributed by atoms with Gasteiger partial charge in [0, 0.05) is 7.11 Å². The summed E-state index contributed by atoms with van der Waals surface area (Å²) < 4.78 is 5.04. The van der Waals surface area contributed by atoms with Crippen LogP contribution in [0.15, 0.2) is 4.99 Å². The Morgan fingerprint density at radius 1 is 1.67 bits per heavy atom. The first-order valence-corrected chi connectivity index (χ1v) is 3.37. The largest absolute Gasteiger partial charge is 0.381 e. The second kappa shape index (κ2) is 3.06. The van der Waals surface area contributed by atoms with Gasteiger partial charge in [-0.2, -0.15) is 0 Å². The molecule has 0 atom stereocenters. The molecule has 0 bridgehead atoms. The zero-order chi connectivity index (χ0) is 6.69. The van der Waals surface area contributed by atoms with Crippen molar-refractivity contribution >= 4 is 17.4 Å². The molecule has 1 rings (SSSR count). The molecule has 2 nitrogen and oxygen atoms in total. The maximum absolute atomic E-state index is 5.04. The standard InChI is InChI=1S/C6H9NOS/c1-8-6-2-5(3-6)7-4-9/h5-6H,2-3H2,1H3/t5-,6-. The molecule has 0 aliphatic heterocycles. The van der Waals surface area contributed by atoms with Crippen molar-refractivity contribution in [1.29, 1.82) is 0 Å². The van der Waals surface area contributed by atoms with Crippen LogP contribution in [0, 0.1) is 0 Å². The van der Waals surface area contributed by atoms with Crippen molar-refractivity contribution in [1.82, 2.24) is 0 Å². The molecule has 3 heteroatoms. The normalized spacial score (nSPS) is 32.6. The summed E-state index contributed by atoms with van der Waals surface area (Å²) in [5.74, 6) is 0. The molecule has 0 unspecified atom stereocenters. The zero-order valence-corrected chi connectivity index (χ0v) is 6.15. The Bertz CT molecular complexity index is 136. The summed E-state index contributed by atoms with van der Waals surface area (Å²) >= 11 is 4.45. The molecule has 1 aliphatic rings. The van der Waals surface area contributed by atoms with Crippen molar-refractivity contribution in [2.75, 3.05) is 7.11 Å². The first kappa shape index (κ1) is 6.87. The number of hydrogen-bond donors (Lipinski definition) is 0. The van der Waals surface area contributed by atoms with Gasteiger partial charge in [-0.3, -0.25) is 0 Å². The summed E-state index contributed by atoms with van der Waals surface area (Å²) in [7, 11) is 1.72. The van der Waals surface area contributed by atoms with Crippen LogP contribution in [0.5, 0.6) is 0 Å². The van der Waals surface area contributed by atoms with Crippen molar-refractivity contribution in [3.8, 4) is 0 Å². The smallest absolute Gasteiger partial charge is 0.0652 e. The van der Waals surface area contributed by atoms with E-state index in [1.54, 1.807) is 7.11 Å². The molecule has 1 saturated carbocycles. The second-order valence-electron chi connectivity index (χ2n) is 2.20. The molecule has 0 aromatic rings. The molecule has 0 aromatic heterocycles. The van der Waals surface area contributed by atoms with Crippen LogP contribution in [0.2, 0.25) is 0 Å². The van der Waals surface area contributed by atoms with Gasteiger partial charge in [-0.05, 0) is 25.1 Å². The number of aliphatic imine (C=N–C) groups is 1. The van der Waals surface area contributed by atoms with Crippen molar-refractivity contribution < 1.29 is 4.74 Å². The number of rotatable bonds is 2. The van der Waals surface area contributed by atoms with Gasteiger partial charge in [0.15, 0.2) is 0 Å². The minimum absolute atomic E-state index is 0.396. The molecule has 0 radical (unpaired) electrons. The zero-order valence-electron chi connectivity index (χ0n) is 5.33. The van der Waals surface area contributed by atoms with E-state index in [-0.39, 0.29) is 0 Å². The van der Waals surface area contributed by atoms with E-state index in [1.807, 2.05) is 0 Å². The highest BCUT2D eigenvalue weighted by Gasteiger charge is 2.27. The van der Waals surface area contributed by atoms with Crippen LogP contribution in [0.3, 0.4) is 0 Å². The Morgan fingerprint density at radius 2 is 2.33 bits per heavy atom. The van der Waals surface area contributed by atoms with Crippen molar-refractivity contribution in [2.45, 2.75) is 25.0 Å². The Morgan fingerprint density at radius 3 is 2.78 bits per heavy atom. The highest BCUT2D eigenvalue weighted by Crippen LogP contribution is 2.24. The Kier molecular flexibility index (Phi) is 2.34. The van der Waals surface area contributed by atoms with E-state index in [0.29, 0.717) is 12.1 Å². The fourth-order valence-electron chi connectivity index (χ4n) is 0.910.